The highest BCUT2D eigenvalue weighted by Crippen LogP contribution is 2.43. The molecule has 6 aromatic carbocycles. The van der Waals surface area contributed by atoms with Crippen LogP contribution in [0.2, 0.25) is 0 Å². The molecule has 0 fully saturated rings. The molecule has 0 bridgehead atoms. The molecule has 0 aliphatic heterocycles. The Labute approximate surface area is 270 Å². The van der Waals surface area contributed by atoms with Gasteiger partial charge in [0.25, 0.3) is 0 Å². The van der Waals surface area contributed by atoms with Gasteiger partial charge < -0.3 is 18.0 Å². The summed E-state index contributed by atoms with van der Waals surface area (Å²) < 4.78 is 21.8. The van der Waals surface area contributed by atoms with Crippen molar-refractivity contribution in [3.63, 3.8) is 0 Å². The lowest BCUT2D eigenvalue weighted by atomic mass is 9.97. The largest absolute Gasteiger partial charge is 0.456 e. The van der Waals surface area contributed by atoms with E-state index in [1.165, 1.54) is 0 Å². The third-order valence-electron chi connectivity index (χ3n) is 10.4. The van der Waals surface area contributed by atoms with E-state index in [4.69, 9.17) is 18.8 Å². The second-order valence-corrected chi connectivity index (χ2v) is 12.8. The number of nitrogens with zero attached hydrogens (tertiary/aromatic N) is 6. The predicted octanol–water partition coefficient (Wildman–Crippen LogP) is 9.74. The van der Waals surface area contributed by atoms with Crippen LogP contribution in [0.1, 0.15) is 0 Å². The van der Waals surface area contributed by atoms with Crippen LogP contribution in [0.5, 0.6) is 0 Å². The number of aryl methyl sites for hydroxylation is 2. The number of aromatic nitrogens is 6. The molecule has 8 nitrogen and oxygen atoms in total. The van der Waals surface area contributed by atoms with Crippen molar-refractivity contribution in [3.05, 3.63) is 109 Å². The summed E-state index contributed by atoms with van der Waals surface area (Å²) in [7, 11) is 4.14. The fraction of sp³-hybridized carbons (Fsp3) is 0.0500. The van der Waals surface area contributed by atoms with Crippen LogP contribution in [0, 0.1) is 0 Å². The van der Waals surface area contributed by atoms with Gasteiger partial charge in [-0.2, -0.15) is 0 Å². The van der Waals surface area contributed by atoms with Gasteiger partial charge in [0.2, 0.25) is 11.6 Å². The topological polar surface area (TPSA) is 70.7 Å². The van der Waals surface area contributed by atoms with Gasteiger partial charge in [0.15, 0.2) is 5.58 Å². The van der Waals surface area contributed by atoms with E-state index in [2.05, 4.69) is 135 Å². The fourth-order valence-electron chi connectivity index (χ4n) is 8.22. The molecule has 48 heavy (non-hydrogen) atoms. The average molecular weight is 621 g/mol. The smallest absolute Gasteiger partial charge is 0.215 e. The van der Waals surface area contributed by atoms with Gasteiger partial charge in [-0.25, -0.2) is 9.97 Å². The molecule has 8 heteroatoms. The predicted molar refractivity (Wildman–Crippen MR) is 192 cm³/mol. The monoisotopic (exact) mass is 620 g/mol. The molecule has 0 N–H and O–H groups in total. The van der Waals surface area contributed by atoms with Crippen molar-refractivity contribution < 1.29 is 8.83 Å². The molecule has 12 rings (SSSR count). The quantitative estimate of drug-likeness (QED) is 0.183. The van der Waals surface area contributed by atoms with Crippen molar-refractivity contribution in [3.8, 4) is 11.1 Å². The lowest BCUT2D eigenvalue weighted by Gasteiger charge is -2.04. The summed E-state index contributed by atoms with van der Waals surface area (Å²) in [5.41, 5.74) is 14.0. The lowest BCUT2D eigenvalue weighted by molar-refractivity contribution is 0.669. The zero-order valence-corrected chi connectivity index (χ0v) is 25.9. The maximum absolute atomic E-state index is 6.63. The number of imidazole rings is 4. The van der Waals surface area contributed by atoms with Crippen molar-refractivity contribution in [2.75, 3.05) is 0 Å². The Morgan fingerprint density at radius 2 is 1.10 bits per heavy atom. The molecule has 0 radical (unpaired) electrons. The number of benzene rings is 6. The van der Waals surface area contributed by atoms with Crippen molar-refractivity contribution in [1.29, 1.82) is 0 Å². The highest BCUT2D eigenvalue weighted by Gasteiger charge is 2.22. The number of hydrogen-bond donors (Lipinski definition) is 0. The van der Waals surface area contributed by atoms with Crippen LogP contribution in [0.4, 0.5) is 0 Å². The SMILES string of the molecule is Cn1c2ccccc2n2c3ccc4c(oc5cccc(-c6ccc7oc8ccc9c(nc%10n(C)c%11ccccc%11n9%10)c8c7c6)c54)c3nc12. The van der Waals surface area contributed by atoms with Crippen LogP contribution in [0.25, 0.3) is 111 Å². The molecule has 0 saturated heterocycles. The van der Waals surface area contributed by atoms with Gasteiger partial charge >= 0.3 is 0 Å². The number of rotatable bonds is 1. The summed E-state index contributed by atoms with van der Waals surface area (Å²) in [6, 6.07) is 38.1. The van der Waals surface area contributed by atoms with Crippen molar-refractivity contribution in [2.24, 2.45) is 14.1 Å². The minimum absolute atomic E-state index is 0.802. The number of hydrogen-bond acceptors (Lipinski definition) is 4. The van der Waals surface area contributed by atoms with E-state index in [9.17, 15) is 0 Å². The Hall–Kier alpha value is -6.54. The van der Waals surface area contributed by atoms with Crippen LogP contribution in [0.3, 0.4) is 0 Å². The first kappa shape index (κ1) is 24.7. The zero-order valence-electron chi connectivity index (χ0n) is 25.9. The fourth-order valence-corrected chi connectivity index (χ4v) is 8.22. The standard InChI is InChI=1S/C40H24N6O2/c1-43-25-9-3-5-11-27(25)45-29-17-19-33-35(36(29)41-39(43)45)24-20-21(14-18-31(24)47-33)22-8-7-13-32-34(22)23-15-16-30-37(38(23)48-32)42-40-44(2)26-10-4-6-12-28(26)46(30)40/h3-20H,1-2H3. The molecular formula is C40H24N6O2. The van der Waals surface area contributed by atoms with Crippen molar-refractivity contribution in [1.82, 2.24) is 27.9 Å². The first-order chi connectivity index (χ1) is 23.6. The summed E-state index contributed by atoms with van der Waals surface area (Å²) in [5, 5.41) is 4.20. The van der Waals surface area contributed by atoms with E-state index in [-0.39, 0.29) is 0 Å². The van der Waals surface area contributed by atoms with Gasteiger partial charge in [0, 0.05) is 30.3 Å². The Kier molecular flexibility index (Phi) is 4.23. The summed E-state index contributed by atoms with van der Waals surface area (Å²) in [6.45, 7) is 0. The Balaban J connectivity index is 1.12. The van der Waals surface area contributed by atoms with E-state index in [0.717, 1.165) is 111 Å². The summed E-state index contributed by atoms with van der Waals surface area (Å²) in [5.74, 6) is 1.80. The van der Waals surface area contributed by atoms with Crippen LogP contribution >= 0.6 is 0 Å². The summed E-state index contributed by atoms with van der Waals surface area (Å²) in [6.07, 6.45) is 0. The molecule has 0 saturated carbocycles. The zero-order chi connectivity index (χ0) is 31.4. The third-order valence-corrected chi connectivity index (χ3v) is 10.4. The second kappa shape index (κ2) is 8.24. The summed E-state index contributed by atoms with van der Waals surface area (Å²) >= 11 is 0. The number of furan rings is 2. The lowest BCUT2D eigenvalue weighted by Crippen LogP contribution is -1.87. The molecule has 0 amide bonds. The molecule has 0 unspecified atom stereocenters. The van der Waals surface area contributed by atoms with Crippen LogP contribution < -0.4 is 0 Å². The molecule has 0 aliphatic rings. The van der Waals surface area contributed by atoms with Crippen LogP contribution in [-0.4, -0.2) is 27.9 Å². The van der Waals surface area contributed by atoms with Gasteiger partial charge in [-0.1, -0.05) is 42.5 Å². The molecule has 0 spiro atoms. The van der Waals surface area contributed by atoms with Gasteiger partial charge in [0.1, 0.15) is 27.8 Å². The number of fused-ring (bicyclic) bond motifs is 18. The first-order valence-corrected chi connectivity index (χ1v) is 16.0. The maximum Gasteiger partial charge on any atom is 0.215 e. The third kappa shape index (κ3) is 2.80. The molecule has 226 valence electrons. The van der Waals surface area contributed by atoms with E-state index < -0.39 is 0 Å². The summed E-state index contributed by atoms with van der Waals surface area (Å²) in [4.78, 5) is 10.3. The Morgan fingerprint density at radius 3 is 1.85 bits per heavy atom. The molecule has 0 aliphatic carbocycles. The van der Waals surface area contributed by atoms with Gasteiger partial charge in [-0.3, -0.25) is 8.80 Å². The van der Waals surface area contributed by atoms with E-state index >= 15 is 0 Å². The molecule has 0 atom stereocenters. The molecule has 6 heterocycles. The first-order valence-electron chi connectivity index (χ1n) is 16.0. The highest BCUT2D eigenvalue weighted by molar-refractivity contribution is 6.21. The van der Waals surface area contributed by atoms with Crippen LogP contribution in [0.15, 0.2) is 118 Å². The van der Waals surface area contributed by atoms with Crippen LogP contribution in [-0.2, 0) is 14.1 Å². The van der Waals surface area contributed by atoms with Gasteiger partial charge in [-0.05, 0) is 77.9 Å². The minimum atomic E-state index is 0.802. The van der Waals surface area contributed by atoms with E-state index in [1.54, 1.807) is 0 Å². The van der Waals surface area contributed by atoms with Gasteiger partial charge in [0.05, 0.1) is 38.5 Å². The molecule has 12 aromatic rings. The second-order valence-electron chi connectivity index (χ2n) is 12.8. The highest BCUT2D eigenvalue weighted by atomic mass is 16.3. The van der Waals surface area contributed by atoms with E-state index in [0.29, 0.717) is 0 Å². The van der Waals surface area contributed by atoms with E-state index in [1.807, 2.05) is 6.07 Å². The van der Waals surface area contributed by atoms with Gasteiger partial charge in [-0.15, -0.1) is 0 Å². The number of para-hydroxylation sites is 4. The van der Waals surface area contributed by atoms with Crippen molar-refractivity contribution >= 4 is 99.6 Å². The van der Waals surface area contributed by atoms with Crippen molar-refractivity contribution in [2.45, 2.75) is 0 Å². The minimum Gasteiger partial charge on any atom is -0.456 e. The normalized spacial score (nSPS) is 12.8. The Bertz CT molecular complexity index is 3380. The molecular weight excluding hydrogens is 596 g/mol. The maximum atomic E-state index is 6.63. The Morgan fingerprint density at radius 1 is 0.479 bits per heavy atom. The molecule has 6 aromatic heterocycles. The average Bonchev–Trinajstić information content (AvgIpc) is 3.95.